The van der Waals surface area contributed by atoms with Crippen LogP contribution in [0.4, 0.5) is 22.0 Å². The van der Waals surface area contributed by atoms with Crippen LogP contribution in [0.2, 0.25) is 0 Å². The topological polar surface area (TPSA) is 20.2 Å². The molecule has 0 saturated heterocycles. The molecule has 0 radical (unpaired) electrons. The van der Waals surface area contributed by atoms with Crippen LogP contribution in [0.5, 0.6) is 0 Å². The van der Waals surface area contributed by atoms with E-state index >= 15 is 0 Å². The van der Waals surface area contributed by atoms with Crippen LogP contribution in [0.15, 0.2) is 42.5 Å². The molecule has 2 aromatic carbocycles. The number of halogens is 5. The lowest BCUT2D eigenvalue weighted by molar-refractivity contribution is -0.137. The minimum atomic E-state index is -4.59. The molecule has 112 valence electrons. The Bertz CT molecular complexity index is 661. The second-order valence-electron chi connectivity index (χ2n) is 4.75. The van der Waals surface area contributed by atoms with Crippen molar-refractivity contribution in [3.63, 3.8) is 0 Å². The molecule has 1 N–H and O–H groups in total. The quantitative estimate of drug-likeness (QED) is 0.823. The maximum absolute atomic E-state index is 13.8. The van der Waals surface area contributed by atoms with Gasteiger partial charge in [-0.05, 0) is 30.7 Å². The highest BCUT2D eigenvalue weighted by atomic mass is 19.4. The number of rotatable bonds is 2. The van der Waals surface area contributed by atoms with Crippen LogP contribution in [0.1, 0.15) is 23.6 Å². The van der Waals surface area contributed by atoms with Gasteiger partial charge in [0.1, 0.15) is 5.60 Å². The maximum Gasteiger partial charge on any atom is 0.416 e. The molecule has 1 nitrogen and oxygen atoms in total. The summed E-state index contributed by atoms with van der Waals surface area (Å²) in [6.07, 6.45) is -4.59. The molecular weight excluding hydrogens is 291 g/mol. The van der Waals surface area contributed by atoms with Crippen LogP contribution < -0.4 is 0 Å². The van der Waals surface area contributed by atoms with Crippen molar-refractivity contribution in [2.24, 2.45) is 0 Å². The van der Waals surface area contributed by atoms with E-state index in [0.29, 0.717) is 6.07 Å². The van der Waals surface area contributed by atoms with Crippen molar-refractivity contribution in [3.8, 4) is 0 Å². The highest BCUT2D eigenvalue weighted by molar-refractivity contribution is 5.38. The molecule has 0 bridgehead atoms. The lowest BCUT2D eigenvalue weighted by Crippen LogP contribution is -2.25. The van der Waals surface area contributed by atoms with E-state index in [-0.39, 0.29) is 5.56 Å². The second kappa shape index (κ2) is 5.11. The highest BCUT2D eigenvalue weighted by Crippen LogP contribution is 2.35. The second-order valence-corrected chi connectivity index (χ2v) is 4.75. The Balaban J connectivity index is 2.56. The summed E-state index contributed by atoms with van der Waals surface area (Å²) < 4.78 is 65.0. The average molecular weight is 302 g/mol. The van der Waals surface area contributed by atoms with Gasteiger partial charge < -0.3 is 5.11 Å². The number of alkyl halides is 3. The summed E-state index contributed by atoms with van der Waals surface area (Å²) >= 11 is 0. The number of benzene rings is 2. The molecule has 6 heteroatoms. The van der Waals surface area contributed by atoms with Gasteiger partial charge in [0, 0.05) is 5.56 Å². The lowest BCUT2D eigenvalue weighted by Gasteiger charge is -2.26. The zero-order valence-corrected chi connectivity index (χ0v) is 10.9. The largest absolute Gasteiger partial charge is 0.416 e. The van der Waals surface area contributed by atoms with Crippen LogP contribution in [-0.4, -0.2) is 5.11 Å². The molecular formula is C15H11F5O. The van der Waals surface area contributed by atoms with Crippen molar-refractivity contribution in [2.45, 2.75) is 18.7 Å². The normalized spacial score (nSPS) is 14.8. The first-order chi connectivity index (χ1) is 9.64. The Morgan fingerprint density at radius 1 is 0.905 bits per heavy atom. The van der Waals surface area contributed by atoms with Gasteiger partial charge in [-0.25, -0.2) is 8.78 Å². The fourth-order valence-electron chi connectivity index (χ4n) is 2.03. The Hall–Kier alpha value is -1.95. The van der Waals surface area contributed by atoms with E-state index in [1.165, 1.54) is 12.1 Å². The van der Waals surface area contributed by atoms with Crippen molar-refractivity contribution < 1.29 is 27.1 Å². The Labute approximate surface area is 117 Å². The molecule has 0 aliphatic heterocycles. The fourth-order valence-corrected chi connectivity index (χ4v) is 2.03. The van der Waals surface area contributed by atoms with Crippen molar-refractivity contribution in [1.29, 1.82) is 0 Å². The van der Waals surface area contributed by atoms with Gasteiger partial charge in [0.05, 0.1) is 5.56 Å². The van der Waals surface area contributed by atoms with E-state index in [9.17, 15) is 27.1 Å². The van der Waals surface area contributed by atoms with Gasteiger partial charge in [0.25, 0.3) is 0 Å². The summed E-state index contributed by atoms with van der Waals surface area (Å²) in [5.74, 6) is -2.47. The molecule has 0 spiro atoms. The van der Waals surface area contributed by atoms with Crippen LogP contribution in [-0.2, 0) is 11.8 Å². The molecule has 0 aliphatic carbocycles. The van der Waals surface area contributed by atoms with Crippen LogP contribution in [0, 0.1) is 11.6 Å². The van der Waals surface area contributed by atoms with E-state index < -0.39 is 34.5 Å². The maximum atomic E-state index is 13.8. The van der Waals surface area contributed by atoms with Crippen LogP contribution >= 0.6 is 0 Å². The van der Waals surface area contributed by atoms with Gasteiger partial charge in [0.2, 0.25) is 0 Å². The number of hydrogen-bond acceptors (Lipinski definition) is 1. The SMILES string of the molecule is CC(O)(c1cccc(C(F)(F)F)c1)c1cccc(F)c1F. The van der Waals surface area contributed by atoms with E-state index in [0.717, 1.165) is 31.2 Å². The summed E-state index contributed by atoms with van der Waals surface area (Å²) in [5, 5.41) is 10.4. The monoisotopic (exact) mass is 302 g/mol. The molecule has 1 unspecified atom stereocenters. The van der Waals surface area contributed by atoms with Crippen LogP contribution in [0.25, 0.3) is 0 Å². The third kappa shape index (κ3) is 2.90. The molecule has 0 aromatic heterocycles. The lowest BCUT2D eigenvalue weighted by atomic mass is 9.87. The third-order valence-corrected chi connectivity index (χ3v) is 3.23. The fraction of sp³-hybridized carbons (Fsp3) is 0.200. The molecule has 1 atom stereocenters. The predicted molar refractivity (Wildman–Crippen MR) is 66.5 cm³/mol. The van der Waals surface area contributed by atoms with Gasteiger partial charge >= 0.3 is 6.18 Å². The Morgan fingerprint density at radius 3 is 2.10 bits per heavy atom. The standard InChI is InChI=1S/C15H11F5O/c1-14(21,11-6-3-7-12(16)13(11)17)9-4-2-5-10(8-9)15(18,19)20/h2-8,21H,1H3. The minimum Gasteiger partial charge on any atom is -0.381 e. The summed E-state index contributed by atoms with van der Waals surface area (Å²) in [7, 11) is 0. The summed E-state index contributed by atoms with van der Waals surface area (Å²) in [5.41, 5.74) is -3.67. The number of aliphatic hydroxyl groups is 1. The molecule has 0 fully saturated rings. The predicted octanol–water partition coefficient (Wildman–Crippen LogP) is 4.24. The molecule has 2 aromatic rings. The first-order valence-electron chi connectivity index (χ1n) is 5.98. The molecule has 0 amide bonds. The van der Waals surface area contributed by atoms with Crippen molar-refractivity contribution in [2.75, 3.05) is 0 Å². The van der Waals surface area contributed by atoms with Gasteiger partial charge in [-0.15, -0.1) is 0 Å². The number of hydrogen-bond donors (Lipinski definition) is 1. The van der Waals surface area contributed by atoms with Gasteiger partial charge in [-0.3, -0.25) is 0 Å². The van der Waals surface area contributed by atoms with E-state index in [4.69, 9.17) is 0 Å². The van der Waals surface area contributed by atoms with Crippen LogP contribution in [0.3, 0.4) is 0 Å². The minimum absolute atomic E-state index is 0.179. The highest BCUT2D eigenvalue weighted by Gasteiger charge is 2.34. The third-order valence-electron chi connectivity index (χ3n) is 3.23. The summed E-state index contributed by atoms with van der Waals surface area (Å²) in [4.78, 5) is 0. The summed E-state index contributed by atoms with van der Waals surface area (Å²) in [6.45, 7) is 1.11. The van der Waals surface area contributed by atoms with Crippen molar-refractivity contribution in [1.82, 2.24) is 0 Å². The molecule has 0 heterocycles. The van der Waals surface area contributed by atoms with E-state index in [1.54, 1.807) is 0 Å². The van der Waals surface area contributed by atoms with E-state index in [2.05, 4.69) is 0 Å². The molecule has 2 rings (SSSR count). The van der Waals surface area contributed by atoms with Crippen molar-refractivity contribution in [3.05, 3.63) is 70.8 Å². The average Bonchev–Trinajstić information content (AvgIpc) is 2.41. The Kier molecular flexibility index (Phi) is 3.76. The first-order valence-corrected chi connectivity index (χ1v) is 5.98. The van der Waals surface area contributed by atoms with Gasteiger partial charge in [-0.2, -0.15) is 13.2 Å². The van der Waals surface area contributed by atoms with Gasteiger partial charge in [-0.1, -0.05) is 24.3 Å². The molecule has 0 aliphatic rings. The molecule has 0 saturated carbocycles. The Morgan fingerprint density at radius 2 is 1.48 bits per heavy atom. The smallest absolute Gasteiger partial charge is 0.381 e. The van der Waals surface area contributed by atoms with E-state index in [1.807, 2.05) is 0 Å². The summed E-state index contributed by atoms with van der Waals surface area (Å²) in [6, 6.07) is 7.03. The zero-order valence-electron chi connectivity index (χ0n) is 10.9. The zero-order chi connectivity index (χ0) is 15.8. The van der Waals surface area contributed by atoms with Gasteiger partial charge in [0.15, 0.2) is 11.6 Å². The molecule has 21 heavy (non-hydrogen) atoms. The van der Waals surface area contributed by atoms with Crippen molar-refractivity contribution >= 4 is 0 Å². The first kappa shape index (κ1) is 15.4.